The van der Waals surface area contributed by atoms with Crippen LogP contribution in [0.4, 0.5) is 0 Å². The molecule has 1 aliphatic carbocycles. The summed E-state index contributed by atoms with van der Waals surface area (Å²) in [5, 5.41) is 6.31. The quantitative estimate of drug-likeness (QED) is 0.710. The monoisotopic (exact) mass is 373 g/mol. The fourth-order valence-electron chi connectivity index (χ4n) is 4.42. The molecule has 2 amide bonds. The number of halogens is 1. The van der Waals surface area contributed by atoms with E-state index in [9.17, 15) is 9.59 Å². The van der Waals surface area contributed by atoms with Crippen LogP contribution in [-0.4, -0.2) is 62.7 Å². The maximum absolute atomic E-state index is 13.0. The third-order valence-electron chi connectivity index (χ3n) is 6.23. The first-order valence-electron chi connectivity index (χ1n) is 9.35. The zero-order valence-electron chi connectivity index (χ0n) is 15.4. The van der Waals surface area contributed by atoms with Gasteiger partial charge in [0.05, 0.1) is 12.5 Å². The van der Waals surface area contributed by atoms with Crippen LogP contribution in [0.3, 0.4) is 0 Å². The minimum Gasteiger partial charge on any atom is -0.383 e. The van der Waals surface area contributed by atoms with Gasteiger partial charge < -0.3 is 20.3 Å². The molecule has 0 bridgehead atoms. The number of rotatable bonds is 5. The lowest BCUT2D eigenvalue weighted by Crippen LogP contribution is -2.50. The number of carbonyl (C=O) groups is 2. The molecule has 3 fully saturated rings. The Balaban J connectivity index is 0.00000225. The van der Waals surface area contributed by atoms with Crippen molar-refractivity contribution in [2.45, 2.75) is 45.1 Å². The van der Waals surface area contributed by atoms with Crippen molar-refractivity contribution >= 4 is 24.2 Å². The fourth-order valence-corrected chi connectivity index (χ4v) is 4.42. The van der Waals surface area contributed by atoms with E-state index in [0.29, 0.717) is 25.6 Å². The van der Waals surface area contributed by atoms with Crippen LogP contribution >= 0.6 is 12.4 Å². The second kappa shape index (κ2) is 8.69. The van der Waals surface area contributed by atoms with Crippen LogP contribution in [0, 0.1) is 17.3 Å². The van der Waals surface area contributed by atoms with Gasteiger partial charge in [0, 0.05) is 32.2 Å². The Kier molecular flexibility index (Phi) is 7.11. The summed E-state index contributed by atoms with van der Waals surface area (Å²) in [5.41, 5.74) is 0.260. The largest absolute Gasteiger partial charge is 0.383 e. The molecular formula is C18H32ClN3O3. The first kappa shape index (κ1) is 20.5. The molecule has 6 nitrogen and oxygen atoms in total. The third-order valence-corrected chi connectivity index (χ3v) is 6.23. The van der Waals surface area contributed by atoms with E-state index >= 15 is 0 Å². The van der Waals surface area contributed by atoms with E-state index in [1.54, 1.807) is 7.11 Å². The average molecular weight is 374 g/mol. The van der Waals surface area contributed by atoms with Gasteiger partial charge in [0.25, 0.3) is 0 Å². The molecule has 0 aromatic heterocycles. The Morgan fingerprint density at radius 3 is 2.68 bits per heavy atom. The van der Waals surface area contributed by atoms with Gasteiger partial charge in [-0.1, -0.05) is 0 Å². The van der Waals surface area contributed by atoms with Gasteiger partial charge in [0.15, 0.2) is 0 Å². The number of amides is 2. The number of likely N-dealkylation sites (tertiary alicyclic amines) is 1. The lowest BCUT2D eigenvalue weighted by molar-refractivity contribution is -0.140. The topological polar surface area (TPSA) is 70.7 Å². The third kappa shape index (κ3) is 4.47. The smallest absolute Gasteiger partial charge is 0.226 e. The molecule has 1 spiro atoms. The number of piperidine rings is 2. The Hall–Kier alpha value is -0.850. The molecule has 3 aliphatic rings. The summed E-state index contributed by atoms with van der Waals surface area (Å²) in [4.78, 5) is 27.3. The lowest BCUT2D eigenvalue weighted by Gasteiger charge is -2.38. The molecular weight excluding hydrogens is 342 g/mol. The second-order valence-corrected chi connectivity index (χ2v) is 7.77. The summed E-state index contributed by atoms with van der Waals surface area (Å²) >= 11 is 0. The molecule has 0 aromatic carbocycles. The molecule has 144 valence electrons. The molecule has 3 rings (SSSR count). The number of hydrogen-bond donors (Lipinski definition) is 2. The highest BCUT2D eigenvalue weighted by atomic mass is 35.5. The predicted molar refractivity (Wildman–Crippen MR) is 98.7 cm³/mol. The fraction of sp³-hybridized carbons (Fsp3) is 0.889. The van der Waals surface area contributed by atoms with Crippen LogP contribution in [-0.2, 0) is 14.3 Å². The van der Waals surface area contributed by atoms with Crippen molar-refractivity contribution in [2.75, 3.05) is 39.9 Å². The predicted octanol–water partition coefficient (Wildman–Crippen LogP) is 1.19. The number of ether oxygens (including phenoxy) is 1. The Bertz CT molecular complexity index is 482. The molecule has 2 saturated heterocycles. The van der Waals surface area contributed by atoms with Crippen LogP contribution in [0.2, 0.25) is 0 Å². The van der Waals surface area contributed by atoms with E-state index in [-0.39, 0.29) is 41.6 Å². The zero-order chi connectivity index (χ0) is 17.2. The first-order valence-corrected chi connectivity index (χ1v) is 9.35. The maximum Gasteiger partial charge on any atom is 0.226 e. The van der Waals surface area contributed by atoms with E-state index in [4.69, 9.17) is 4.74 Å². The molecule has 3 unspecified atom stereocenters. The summed E-state index contributed by atoms with van der Waals surface area (Å²) in [6, 6.07) is 0.250. The second-order valence-electron chi connectivity index (χ2n) is 7.77. The summed E-state index contributed by atoms with van der Waals surface area (Å²) < 4.78 is 4.98. The van der Waals surface area contributed by atoms with E-state index in [1.165, 1.54) is 0 Å². The minimum atomic E-state index is -0.0790. The number of nitrogens with one attached hydrogen (secondary N) is 2. The van der Waals surface area contributed by atoms with Gasteiger partial charge in [-0.15, -0.1) is 12.4 Å². The van der Waals surface area contributed by atoms with Crippen molar-refractivity contribution in [1.29, 1.82) is 0 Å². The molecule has 0 aromatic rings. The minimum absolute atomic E-state index is 0. The van der Waals surface area contributed by atoms with Crippen molar-refractivity contribution in [3.63, 3.8) is 0 Å². The number of hydrogen-bond acceptors (Lipinski definition) is 4. The summed E-state index contributed by atoms with van der Waals surface area (Å²) in [7, 11) is 1.63. The van der Waals surface area contributed by atoms with Crippen molar-refractivity contribution in [1.82, 2.24) is 15.5 Å². The number of carbonyl (C=O) groups excluding carboxylic acids is 2. The molecule has 1 saturated carbocycles. The summed E-state index contributed by atoms with van der Waals surface area (Å²) in [6.07, 6.45) is 5.05. The Morgan fingerprint density at radius 1 is 1.28 bits per heavy atom. The highest BCUT2D eigenvalue weighted by Gasteiger charge is 2.59. The van der Waals surface area contributed by atoms with Crippen molar-refractivity contribution in [3.05, 3.63) is 0 Å². The van der Waals surface area contributed by atoms with E-state index in [1.807, 2.05) is 4.90 Å². The van der Waals surface area contributed by atoms with Crippen LogP contribution < -0.4 is 10.6 Å². The van der Waals surface area contributed by atoms with Crippen LogP contribution in [0.25, 0.3) is 0 Å². The molecule has 0 radical (unpaired) electrons. The standard InChI is InChI=1S/C18H31N3O3.ClH/c1-13-3-4-14(16(22)20-9-10-24-2)12-21(13)17(23)15-11-18(15)5-7-19-8-6-18;/h13-15,19H,3-12H2,1-2H3,(H,20,22);1H. The summed E-state index contributed by atoms with van der Waals surface area (Å²) in [6.45, 7) is 5.82. The SMILES string of the molecule is COCCNC(=O)C1CCC(C)N(C(=O)C2CC23CCNCC3)C1.Cl. The normalized spacial score (nSPS) is 30.5. The molecule has 3 atom stereocenters. The summed E-state index contributed by atoms with van der Waals surface area (Å²) in [5.74, 6) is 0.463. The van der Waals surface area contributed by atoms with Gasteiger partial charge in [-0.05, 0) is 57.5 Å². The highest BCUT2D eigenvalue weighted by Crippen LogP contribution is 2.59. The van der Waals surface area contributed by atoms with Crippen molar-refractivity contribution < 1.29 is 14.3 Å². The van der Waals surface area contributed by atoms with E-state index in [2.05, 4.69) is 17.6 Å². The molecule has 2 heterocycles. The van der Waals surface area contributed by atoms with Gasteiger partial charge >= 0.3 is 0 Å². The molecule has 25 heavy (non-hydrogen) atoms. The average Bonchev–Trinajstić information content (AvgIpc) is 3.28. The molecule has 7 heteroatoms. The molecule has 2 aliphatic heterocycles. The van der Waals surface area contributed by atoms with Crippen LogP contribution in [0.1, 0.15) is 39.0 Å². The van der Waals surface area contributed by atoms with Gasteiger partial charge in [-0.25, -0.2) is 0 Å². The Morgan fingerprint density at radius 2 is 2.00 bits per heavy atom. The van der Waals surface area contributed by atoms with Crippen LogP contribution in [0.15, 0.2) is 0 Å². The van der Waals surface area contributed by atoms with Crippen molar-refractivity contribution in [2.24, 2.45) is 17.3 Å². The maximum atomic E-state index is 13.0. The highest BCUT2D eigenvalue weighted by molar-refractivity contribution is 5.85. The van der Waals surface area contributed by atoms with Gasteiger partial charge in [-0.3, -0.25) is 9.59 Å². The first-order chi connectivity index (χ1) is 11.6. The number of methoxy groups -OCH3 is 1. The zero-order valence-corrected chi connectivity index (χ0v) is 16.2. The number of nitrogens with zero attached hydrogens (tertiary/aromatic N) is 1. The Labute approximate surface area is 156 Å². The van der Waals surface area contributed by atoms with Crippen molar-refractivity contribution in [3.8, 4) is 0 Å². The van der Waals surface area contributed by atoms with Crippen LogP contribution in [0.5, 0.6) is 0 Å². The van der Waals surface area contributed by atoms with E-state index < -0.39 is 0 Å². The van der Waals surface area contributed by atoms with E-state index in [0.717, 1.165) is 45.2 Å². The molecule has 2 N–H and O–H groups in total. The lowest BCUT2D eigenvalue weighted by atomic mass is 9.89. The van der Waals surface area contributed by atoms with Gasteiger partial charge in [0.1, 0.15) is 0 Å². The van der Waals surface area contributed by atoms with Gasteiger partial charge in [0.2, 0.25) is 11.8 Å². The van der Waals surface area contributed by atoms with Gasteiger partial charge in [-0.2, -0.15) is 0 Å².